The summed E-state index contributed by atoms with van der Waals surface area (Å²) in [6, 6.07) is 0. The topological polar surface area (TPSA) is 46.6 Å². The molecule has 1 saturated heterocycles. The van der Waals surface area contributed by atoms with Gasteiger partial charge < -0.3 is 9.64 Å². The van der Waals surface area contributed by atoms with E-state index in [4.69, 9.17) is 11.2 Å². The molecule has 4 nitrogen and oxygen atoms in total. The molecule has 0 radical (unpaired) electrons. The fraction of sp³-hybridized carbons (Fsp3) is 0.692. The first-order chi connectivity index (χ1) is 7.81. The molecule has 1 aliphatic rings. The van der Waals surface area contributed by atoms with Gasteiger partial charge in [-0.3, -0.25) is 4.79 Å². The van der Waals surface area contributed by atoms with Crippen LogP contribution < -0.4 is 0 Å². The van der Waals surface area contributed by atoms with Gasteiger partial charge in [0, 0.05) is 19.5 Å². The van der Waals surface area contributed by atoms with Crippen LogP contribution in [0.25, 0.3) is 0 Å². The molecule has 17 heavy (non-hydrogen) atoms. The minimum atomic E-state index is -0.482. The summed E-state index contributed by atoms with van der Waals surface area (Å²) in [7, 11) is 0. The Kier molecular flexibility index (Phi) is 4.17. The van der Waals surface area contributed by atoms with Crippen molar-refractivity contribution in [2.45, 2.75) is 39.2 Å². The fourth-order valence-electron chi connectivity index (χ4n) is 1.81. The van der Waals surface area contributed by atoms with Gasteiger partial charge in [0.15, 0.2) is 0 Å². The normalized spacial score (nSPS) is 19.9. The van der Waals surface area contributed by atoms with E-state index in [0.717, 1.165) is 6.42 Å². The van der Waals surface area contributed by atoms with E-state index in [1.165, 1.54) is 0 Å². The lowest BCUT2D eigenvalue weighted by Crippen LogP contribution is -2.35. The Morgan fingerprint density at radius 2 is 2.12 bits per heavy atom. The molecular formula is C13H19NO3. The lowest BCUT2D eigenvalue weighted by Gasteiger charge is -2.24. The lowest BCUT2D eigenvalue weighted by molar-refractivity contribution is -0.114. The average molecular weight is 237 g/mol. The number of hydrogen-bond acceptors (Lipinski definition) is 3. The second-order valence-corrected chi connectivity index (χ2v) is 5.35. The first-order valence-electron chi connectivity index (χ1n) is 5.79. The predicted molar refractivity (Wildman–Crippen MR) is 64.4 cm³/mol. The third-order valence-corrected chi connectivity index (χ3v) is 2.57. The number of terminal acetylenes is 1. The summed E-state index contributed by atoms with van der Waals surface area (Å²) < 4.78 is 5.26. The van der Waals surface area contributed by atoms with Gasteiger partial charge in [0.1, 0.15) is 5.60 Å². The van der Waals surface area contributed by atoms with E-state index in [0.29, 0.717) is 19.5 Å². The molecule has 0 N–H and O–H groups in total. The molecule has 1 unspecified atom stereocenters. The minimum absolute atomic E-state index is 0.172. The number of amides is 1. The Morgan fingerprint density at radius 1 is 1.47 bits per heavy atom. The number of ether oxygens (including phenoxy) is 1. The molecule has 0 saturated carbocycles. The van der Waals surface area contributed by atoms with Gasteiger partial charge in [-0.15, -0.1) is 6.42 Å². The van der Waals surface area contributed by atoms with Crippen LogP contribution in [0.3, 0.4) is 0 Å². The lowest BCUT2D eigenvalue weighted by atomic mass is 10.0. The van der Waals surface area contributed by atoms with Crippen LogP contribution in [0, 0.1) is 18.3 Å². The molecule has 94 valence electrons. The van der Waals surface area contributed by atoms with E-state index in [1.807, 2.05) is 20.8 Å². The van der Waals surface area contributed by atoms with Crippen molar-refractivity contribution in [1.29, 1.82) is 0 Å². The van der Waals surface area contributed by atoms with Crippen LogP contribution in [0.1, 0.15) is 33.6 Å². The molecule has 0 aromatic heterocycles. The highest BCUT2D eigenvalue weighted by Gasteiger charge is 2.30. The Hall–Kier alpha value is -1.50. The van der Waals surface area contributed by atoms with E-state index >= 15 is 0 Å². The fourth-order valence-corrected chi connectivity index (χ4v) is 1.81. The van der Waals surface area contributed by atoms with Gasteiger partial charge in [0.05, 0.1) is 0 Å². The van der Waals surface area contributed by atoms with Gasteiger partial charge >= 0.3 is 6.09 Å². The highest BCUT2D eigenvalue weighted by molar-refractivity contribution is 5.95. The van der Waals surface area contributed by atoms with Crippen LogP contribution in [0.4, 0.5) is 4.79 Å². The van der Waals surface area contributed by atoms with Gasteiger partial charge in [0.25, 0.3) is 0 Å². The van der Waals surface area contributed by atoms with E-state index in [2.05, 4.69) is 5.92 Å². The summed E-state index contributed by atoms with van der Waals surface area (Å²) in [6.07, 6.45) is 5.88. The Morgan fingerprint density at radius 3 is 2.65 bits per heavy atom. The maximum atomic E-state index is 11.7. The summed E-state index contributed by atoms with van der Waals surface area (Å²) in [5, 5.41) is 0. The number of carbonyl (C=O) groups excluding carboxylic acids is 2. The van der Waals surface area contributed by atoms with Gasteiger partial charge in [0.2, 0.25) is 5.78 Å². The van der Waals surface area contributed by atoms with Crippen molar-refractivity contribution in [1.82, 2.24) is 4.90 Å². The third kappa shape index (κ3) is 4.48. The van der Waals surface area contributed by atoms with E-state index < -0.39 is 5.60 Å². The van der Waals surface area contributed by atoms with Crippen LogP contribution in [-0.4, -0.2) is 35.5 Å². The van der Waals surface area contributed by atoms with Gasteiger partial charge in [-0.2, -0.15) is 0 Å². The highest BCUT2D eigenvalue weighted by atomic mass is 16.6. The minimum Gasteiger partial charge on any atom is -0.444 e. The smallest absolute Gasteiger partial charge is 0.410 e. The maximum Gasteiger partial charge on any atom is 0.410 e. The summed E-state index contributed by atoms with van der Waals surface area (Å²) in [6.45, 7) is 6.70. The summed E-state index contributed by atoms with van der Waals surface area (Å²) >= 11 is 0. The molecule has 1 aliphatic heterocycles. The quantitative estimate of drug-likeness (QED) is 0.544. The van der Waals surface area contributed by atoms with E-state index in [9.17, 15) is 9.59 Å². The van der Waals surface area contributed by atoms with Crippen molar-refractivity contribution in [2.75, 3.05) is 13.1 Å². The first kappa shape index (κ1) is 13.6. The molecule has 1 rings (SSSR count). The second kappa shape index (κ2) is 5.22. The molecule has 0 aromatic rings. The largest absolute Gasteiger partial charge is 0.444 e. The standard InChI is InChI=1S/C13H19NO3/c1-5-11(15)8-10-6-7-14(9-10)12(16)17-13(2,3)4/h1,10H,6-9H2,2-4H3. The second-order valence-electron chi connectivity index (χ2n) is 5.35. The van der Waals surface area contributed by atoms with Crippen molar-refractivity contribution in [2.24, 2.45) is 5.92 Å². The number of Topliss-reactive ketones (excluding diaryl/α,β-unsaturated/α-hetero) is 1. The summed E-state index contributed by atoms with van der Waals surface area (Å²) in [5.41, 5.74) is -0.482. The Bertz CT molecular complexity index is 349. The van der Waals surface area contributed by atoms with Crippen molar-refractivity contribution < 1.29 is 14.3 Å². The molecule has 1 atom stereocenters. The van der Waals surface area contributed by atoms with Crippen molar-refractivity contribution in [3.8, 4) is 12.3 Å². The van der Waals surface area contributed by atoms with Crippen LogP contribution in [-0.2, 0) is 9.53 Å². The number of hydrogen-bond donors (Lipinski definition) is 0. The van der Waals surface area contributed by atoms with Crippen LogP contribution in [0.15, 0.2) is 0 Å². The molecule has 1 amide bonds. The Labute approximate surface area is 102 Å². The van der Waals surface area contributed by atoms with Crippen molar-refractivity contribution in [3.05, 3.63) is 0 Å². The number of rotatable bonds is 2. The molecule has 0 aliphatic carbocycles. The van der Waals surface area contributed by atoms with Gasteiger partial charge in [-0.25, -0.2) is 4.79 Å². The average Bonchev–Trinajstić information content (AvgIpc) is 2.63. The van der Waals surface area contributed by atoms with Crippen molar-refractivity contribution in [3.63, 3.8) is 0 Å². The summed E-state index contributed by atoms with van der Waals surface area (Å²) in [5.74, 6) is 2.08. The first-order valence-corrected chi connectivity index (χ1v) is 5.79. The van der Waals surface area contributed by atoms with Crippen molar-refractivity contribution >= 4 is 11.9 Å². The monoisotopic (exact) mass is 237 g/mol. The van der Waals surface area contributed by atoms with Crippen LogP contribution in [0.2, 0.25) is 0 Å². The summed E-state index contributed by atoms with van der Waals surface area (Å²) in [4.78, 5) is 24.5. The molecule has 1 fully saturated rings. The zero-order valence-electron chi connectivity index (χ0n) is 10.7. The molecule has 4 heteroatoms. The molecule has 1 heterocycles. The zero-order chi connectivity index (χ0) is 13.1. The number of carbonyl (C=O) groups is 2. The molecule has 0 spiro atoms. The van der Waals surface area contributed by atoms with E-state index in [1.54, 1.807) is 4.90 Å². The van der Waals surface area contributed by atoms with E-state index in [-0.39, 0.29) is 17.8 Å². The van der Waals surface area contributed by atoms with Gasteiger partial charge in [-0.1, -0.05) is 0 Å². The number of likely N-dealkylation sites (tertiary alicyclic amines) is 1. The highest BCUT2D eigenvalue weighted by Crippen LogP contribution is 2.21. The van der Waals surface area contributed by atoms with Crippen LogP contribution >= 0.6 is 0 Å². The zero-order valence-corrected chi connectivity index (χ0v) is 10.7. The molecule has 0 aromatic carbocycles. The SMILES string of the molecule is C#CC(=O)CC1CCN(C(=O)OC(C)(C)C)C1. The third-order valence-electron chi connectivity index (χ3n) is 2.57. The molecular weight excluding hydrogens is 218 g/mol. The van der Waals surface area contributed by atoms with Gasteiger partial charge in [-0.05, 0) is 39.0 Å². The molecule has 0 bridgehead atoms. The van der Waals surface area contributed by atoms with Crippen LogP contribution in [0.5, 0.6) is 0 Å². The maximum absolute atomic E-state index is 11.7. The Balaban J connectivity index is 2.43. The number of nitrogens with zero attached hydrogens (tertiary/aromatic N) is 1. The number of ketones is 1. The predicted octanol–water partition coefficient (Wildman–Crippen LogP) is 1.84.